The van der Waals surface area contributed by atoms with Gasteiger partial charge >= 0.3 is 0 Å². The molecule has 8 nitrogen and oxygen atoms in total. The van der Waals surface area contributed by atoms with E-state index < -0.39 is 22.0 Å². The first-order valence-corrected chi connectivity index (χ1v) is 9.84. The van der Waals surface area contributed by atoms with Crippen molar-refractivity contribution < 1.29 is 18.6 Å². The van der Waals surface area contributed by atoms with Gasteiger partial charge in [-0.25, -0.2) is 18.4 Å². The first kappa shape index (κ1) is 17.7. The van der Waals surface area contributed by atoms with E-state index in [0.29, 0.717) is 33.7 Å². The standard InChI is InChI=1S/C18H18N4O4S/c1-9(23)17-19-13-5-3-11(7-15(13)21-17)27(25,26)12-4-6-14-16(8-12)22-18(20-14)10(2)24/h3-10,23-24H,1-2H3,(H,19,21)(H,20,22)/t9-,10-/m0/s1. The van der Waals surface area contributed by atoms with Gasteiger partial charge in [0.2, 0.25) is 9.84 Å². The number of fused-ring (bicyclic) bond motifs is 2. The van der Waals surface area contributed by atoms with Gasteiger partial charge in [0, 0.05) is 0 Å². The van der Waals surface area contributed by atoms with Crippen LogP contribution in [0.5, 0.6) is 0 Å². The van der Waals surface area contributed by atoms with Crippen LogP contribution in [-0.2, 0) is 9.84 Å². The predicted molar refractivity (Wildman–Crippen MR) is 98.9 cm³/mol. The molecule has 0 amide bonds. The Hall–Kier alpha value is -2.75. The van der Waals surface area contributed by atoms with Crippen molar-refractivity contribution in [3.63, 3.8) is 0 Å². The number of aliphatic hydroxyl groups is 2. The summed E-state index contributed by atoms with van der Waals surface area (Å²) in [6.07, 6.45) is -1.55. The number of nitrogens with one attached hydrogen (secondary N) is 2. The summed E-state index contributed by atoms with van der Waals surface area (Å²) in [7, 11) is -3.76. The summed E-state index contributed by atoms with van der Waals surface area (Å²) in [5, 5.41) is 19.3. The molecule has 2 aromatic carbocycles. The fourth-order valence-corrected chi connectivity index (χ4v) is 4.20. The molecule has 0 saturated carbocycles. The molecule has 0 aliphatic rings. The number of aromatic amines is 2. The molecule has 0 unspecified atom stereocenters. The summed E-state index contributed by atoms with van der Waals surface area (Å²) in [5.41, 5.74) is 2.22. The molecule has 0 radical (unpaired) electrons. The van der Waals surface area contributed by atoms with Crippen LogP contribution in [0.3, 0.4) is 0 Å². The minimum atomic E-state index is -3.76. The predicted octanol–water partition coefficient (Wildman–Crippen LogP) is 2.38. The average Bonchev–Trinajstić information content (AvgIpc) is 3.24. The van der Waals surface area contributed by atoms with E-state index in [2.05, 4.69) is 19.9 Å². The van der Waals surface area contributed by atoms with E-state index in [9.17, 15) is 18.6 Å². The second kappa shape index (κ2) is 6.15. The molecule has 4 rings (SSSR count). The number of H-pyrrole nitrogens is 2. The molecule has 140 valence electrons. The second-order valence-corrected chi connectivity index (χ2v) is 8.41. The van der Waals surface area contributed by atoms with E-state index in [1.54, 1.807) is 26.0 Å². The van der Waals surface area contributed by atoms with Gasteiger partial charge in [-0.2, -0.15) is 0 Å². The maximum absolute atomic E-state index is 13.0. The second-order valence-electron chi connectivity index (χ2n) is 6.46. The van der Waals surface area contributed by atoms with Crippen molar-refractivity contribution in [1.29, 1.82) is 0 Å². The number of benzene rings is 2. The normalized spacial score (nSPS) is 14.7. The van der Waals surface area contributed by atoms with Crippen molar-refractivity contribution in [3.05, 3.63) is 48.0 Å². The van der Waals surface area contributed by atoms with E-state index in [0.717, 1.165) is 0 Å². The van der Waals surface area contributed by atoms with Crippen LogP contribution in [-0.4, -0.2) is 38.6 Å². The molecule has 2 aromatic heterocycles. The molecular formula is C18H18N4O4S. The fraction of sp³-hybridized carbons (Fsp3) is 0.222. The summed E-state index contributed by atoms with van der Waals surface area (Å²) >= 11 is 0. The van der Waals surface area contributed by atoms with Gasteiger partial charge < -0.3 is 20.2 Å². The van der Waals surface area contributed by atoms with Gasteiger partial charge in [-0.1, -0.05) is 0 Å². The van der Waals surface area contributed by atoms with Crippen LogP contribution in [0.25, 0.3) is 22.1 Å². The Bertz CT molecular complexity index is 1160. The Morgan fingerprint density at radius 1 is 0.815 bits per heavy atom. The molecule has 0 aliphatic heterocycles. The van der Waals surface area contributed by atoms with Gasteiger partial charge in [-0.05, 0) is 50.2 Å². The van der Waals surface area contributed by atoms with Gasteiger partial charge in [-0.3, -0.25) is 0 Å². The summed E-state index contributed by atoms with van der Waals surface area (Å²) in [6, 6.07) is 9.19. The van der Waals surface area contributed by atoms with Crippen LogP contribution in [0.4, 0.5) is 0 Å². The number of hydrogen-bond acceptors (Lipinski definition) is 6. The Morgan fingerprint density at radius 2 is 1.22 bits per heavy atom. The van der Waals surface area contributed by atoms with Gasteiger partial charge in [0.1, 0.15) is 23.9 Å². The van der Waals surface area contributed by atoms with Crippen molar-refractivity contribution in [2.75, 3.05) is 0 Å². The molecule has 9 heteroatoms. The van der Waals surface area contributed by atoms with Crippen LogP contribution in [0.15, 0.2) is 46.2 Å². The van der Waals surface area contributed by atoms with Crippen LogP contribution in [0, 0.1) is 0 Å². The lowest BCUT2D eigenvalue weighted by Crippen LogP contribution is -2.01. The maximum Gasteiger partial charge on any atom is 0.206 e. The summed E-state index contributed by atoms with van der Waals surface area (Å²) in [5.74, 6) is 0.758. The molecule has 0 fully saturated rings. The maximum atomic E-state index is 13.0. The fourth-order valence-electron chi connectivity index (χ4n) is 2.88. The minimum absolute atomic E-state index is 0.116. The highest BCUT2D eigenvalue weighted by Gasteiger charge is 2.20. The third kappa shape index (κ3) is 2.99. The van der Waals surface area contributed by atoms with Crippen molar-refractivity contribution in [2.45, 2.75) is 35.8 Å². The number of nitrogens with zero attached hydrogens (tertiary/aromatic N) is 2. The molecule has 2 atom stereocenters. The minimum Gasteiger partial charge on any atom is -0.385 e. The van der Waals surface area contributed by atoms with Crippen molar-refractivity contribution in [3.8, 4) is 0 Å². The first-order valence-electron chi connectivity index (χ1n) is 8.36. The van der Waals surface area contributed by atoms with Crippen molar-refractivity contribution in [2.24, 2.45) is 0 Å². The lowest BCUT2D eigenvalue weighted by molar-refractivity contribution is 0.190. The Morgan fingerprint density at radius 3 is 1.59 bits per heavy atom. The molecular weight excluding hydrogens is 368 g/mol. The molecule has 0 saturated heterocycles. The Kier molecular flexibility index (Phi) is 4.02. The lowest BCUT2D eigenvalue weighted by Gasteiger charge is -2.05. The quantitative estimate of drug-likeness (QED) is 0.426. The molecule has 0 aliphatic carbocycles. The van der Waals surface area contributed by atoms with Gasteiger partial charge in [0.15, 0.2) is 0 Å². The number of sulfone groups is 1. The molecule has 4 N–H and O–H groups in total. The number of imidazole rings is 2. The third-order valence-electron chi connectivity index (χ3n) is 4.36. The molecule has 2 heterocycles. The summed E-state index contributed by atoms with van der Waals surface area (Å²) in [4.78, 5) is 14.6. The van der Waals surface area contributed by atoms with Gasteiger partial charge in [-0.15, -0.1) is 0 Å². The van der Waals surface area contributed by atoms with Gasteiger partial charge in [0.25, 0.3) is 0 Å². The molecule has 4 aromatic rings. The highest BCUT2D eigenvalue weighted by molar-refractivity contribution is 7.91. The van der Waals surface area contributed by atoms with Crippen LogP contribution < -0.4 is 0 Å². The van der Waals surface area contributed by atoms with Crippen LogP contribution in [0.2, 0.25) is 0 Å². The zero-order chi connectivity index (χ0) is 19.3. The largest absolute Gasteiger partial charge is 0.385 e. The molecule has 27 heavy (non-hydrogen) atoms. The average molecular weight is 386 g/mol. The van der Waals surface area contributed by atoms with E-state index in [1.807, 2.05) is 0 Å². The van der Waals surface area contributed by atoms with E-state index in [1.165, 1.54) is 24.3 Å². The number of aliphatic hydroxyl groups excluding tert-OH is 2. The van der Waals surface area contributed by atoms with Crippen molar-refractivity contribution in [1.82, 2.24) is 19.9 Å². The monoisotopic (exact) mass is 386 g/mol. The number of aromatic nitrogens is 4. The highest BCUT2D eigenvalue weighted by atomic mass is 32.2. The highest BCUT2D eigenvalue weighted by Crippen LogP contribution is 2.27. The van der Waals surface area contributed by atoms with E-state index in [-0.39, 0.29) is 9.79 Å². The Labute approximate surface area is 154 Å². The lowest BCUT2D eigenvalue weighted by atomic mass is 10.3. The summed E-state index contributed by atoms with van der Waals surface area (Å²) < 4.78 is 26.1. The van der Waals surface area contributed by atoms with E-state index in [4.69, 9.17) is 0 Å². The number of hydrogen-bond donors (Lipinski definition) is 4. The van der Waals surface area contributed by atoms with Crippen LogP contribution in [0.1, 0.15) is 37.7 Å². The first-order chi connectivity index (χ1) is 12.8. The topological polar surface area (TPSA) is 132 Å². The Balaban J connectivity index is 1.80. The van der Waals surface area contributed by atoms with Crippen LogP contribution >= 0.6 is 0 Å². The zero-order valence-electron chi connectivity index (χ0n) is 14.6. The molecule has 0 bridgehead atoms. The third-order valence-corrected chi connectivity index (χ3v) is 6.10. The zero-order valence-corrected chi connectivity index (χ0v) is 15.4. The summed E-state index contributed by atoms with van der Waals surface area (Å²) in [6.45, 7) is 3.16. The van der Waals surface area contributed by atoms with Gasteiger partial charge in [0.05, 0.1) is 31.9 Å². The smallest absolute Gasteiger partial charge is 0.206 e. The number of rotatable bonds is 4. The molecule has 0 spiro atoms. The van der Waals surface area contributed by atoms with Crippen molar-refractivity contribution >= 4 is 31.9 Å². The SMILES string of the molecule is C[C@H](O)c1nc2ccc(S(=O)(=O)c3ccc4nc([C@H](C)O)[nH]c4c3)cc2[nH]1. The van der Waals surface area contributed by atoms with E-state index >= 15 is 0 Å².